The molecule has 0 radical (unpaired) electrons. The number of anilines is 1. The van der Waals surface area contributed by atoms with Gasteiger partial charge in [-0.3, -0.25) is 5.32 Å². The van der Waals surface area contributed by atoms with Crippen LogP contribution in [0.1, 0.15) is 19.4 Å². The number of carbonyl (C=O) groups excluding carboxylic acids is 1. The Bertz CT molecular complexity index is 605. The van der Waals surface area contributed by atoms with E-state index in [9.17, 15) is 9.90 Å². The van der Waals surface area contributed by atoms with Crippen molar-refractivity contribution in [3.05, 3.63) is 54.2 Å². The first-order valence-electron chi connectivity index (χ1n) is 7.62. The van der Waals surface area contributed by atoms with Gasteiger partial charge in [0, 0.05) is 12.7 Å². The molecule has 0 spiro atoms. The minimum Gasteiger partial charge on any atom is -0.394 e. The number of aliphatic hydroxyl groups excluding tert-OH is 1. The number of hydrogen-bond acceptors (Lipinski definition) is 4. The summed E-state index contributed by atoms with van der Waals surface area (Å²) in [6, 6.07) is 12.5. The maximum atomic E-state index is 12.7. The monoisotopic (exact) mass is 314 g/mol. The number of carbonyl (C=O) groups is 1. The third kappa shape index (κ3) is 4.75. The Morgan fingerprint density at radius 2 is 1.96 bits per heavy atom. The molecule has 1 aromatic heterocycles. The van der Waals surface area contributed by atoms with E-state index in [1.54, 1.807) is 23.2 Å². The first kappa shape index (κ1) is 16.9. The standard InChI is InChI=1S/C17H22N4O2/c1-13(2)15(12-22)21(11-14-7-4-3-5-8-14)17(23)19-16-9-6-10-18-20-16/h3-10,13,15,22H,11-12H2,1-2H3,(H,19,20,23). The summed E-state index contributed by atoms with van der Waals surface area (Å²) in [5.41, 5.74) is 1.00. The van der Waals surface area contributed by atoms with Crippen molar-refractivity contribution in [2.45, 2.75) is 26.4 Å². The fourth-order valence-corrected chi connectivity index (χ4v) is 2.34. The van der Waals surface area contributed by atoms with E-state index in [1.807, 2.05) is 44.2 Å². The van der Waals surface area contributed by atoms with Crippen LogP contribution in [-0.4, -0.2) is 38.9 Å². The number of rotatable bonds is 6. The highest BCUT2D eigenvalue weighted by atomic mass is 16.3. The van der Waals surface area contributed by atoms with E-state index in [1.165, 1.54) is 0 Å². The summed E-state index contributed by atoms with van der Waals surface area (Å²) < 4.78 is 0. The van der Waals surface area contributed by atoms with E-state index in [0.29, 0.717) is 12.4 Å². The van der Waals surface area contributed by atoms with Crippen molar-refractivity contribution in [1.82, 2.24) is 15.1 Å². The second-order valence-corrected chi connectivity index (χ2v) is 5.65. The molecule has 6 heteroatoms. The lowest BCUT2D eigenvalue weighted by atomic mass is 10.0. The second-order valence-electron chi connectivity index (χ2n) is 5.65. The van der Waals surface area contributed by atoms with E-state index in [2.05, 4.69) is 15.5 Å². The molecule has 23 heavy (non-hydrogen) atoms. The average Bonchev–Trinajstić information content (AvgIpc) is 2.56. The molecule has 6 nitrogen and oxygen atoms in total. The van der Waals surface area contributed by atoms with Gasteiger partial charge in [-0.2, -0.15) is 5.10 Å². The van der Waals surface area contributed by atoms with E-state index >= 15 is 0 Å². The Morgan fingerprint density at radius 1 is 1.22 bits per heavy atom. The molecule has 0 saturated carbocycles. The number of benzene rings is 1. The van der Waals surface area contributed by atoms with Crippen molar-refractivity contribution in [2.24, 2.45) is 5.92 Å². The van der Waals surface area contributed by atoms with Crippen molar-refractivity contribution in [3.63, 3.8) is 0 Å². The molecule has 0 aliphatic heterocycles. The molecular formula is C17H22N4O2. The number of nitrogens with zero attached hydrogens (tertiary/aromatic N) is 3. The van der Waals surface area contributed by atoms with Crippen molar-refractivity contribution < 1.29 is 9.90 Å². The van der Waals surface area contributed by atoms with Crippen molar-refractivity contribution in [1.29, 1.82) is 0 Å². The number of nitrogens with one attached hydrogen (secondary N) is 1. The van der Waals surface area contributed by atoms with Gasteiger partial charge >= 0.3 is 6.03 Å². The largest absolute Gasteiger partial charge is 0.394 e. The minimum absolute atomic E-state index is 0.0988. The lowest BCUT2D eigenvalue weighted by molar-refractivity contribution is 0.110. The Labute approximate surface area is 136 Å². The smallest absolute Gasteiger partial charge is 0.323 e. The maximum Gasteiger partial charge on any atom is 0.323 e. The summed E-state index contributed by atoms with van der Waals surface area (Å²) in [6.45, 7) is 4.28. The van der Waals surface area contributed by atoms with Crippen LogP contribution in [0.2, 0.25) is 0 Å². The summed E-state index contributed by atoms with van der Waals surface area (Å²) in [4.78, 5) is 14.3. The van der Waals surface area contributed by atoms with Gasteiger partial charge < -0.3 is 10.0 Å². The van der Waals surface area contributed by atoms with E-state index in [4.69, 9.17) is 0 Å². The number of hydrogen-bond donors (Lipinski definition) is 2. The summed E-state index contributed by atoms with van der Waals surface area (Å²) in [7, 11) is 0. The Balaban J connectivity index is 2.19. The fourth-order valence-electron chi connectivity index (χ4n) is 2.34. The number of aliphatic hydroxyl groups is 1. The molecule has 2 rings (SSSR count). The SMILES string of the molecule is CC(C)C(CO)N(Cc1ccccc1)C(=O)Nc1cccnn1. The highest BCUT2D eigenvalue weighted by molar-refractivity contribution is 5.88. The highest BCUT2D eigenvalue weighted by Gasteiger charge is 2.26. The van der Waals surface area contributed by atoms with Crippen LogP contribution in [0.3, 0.4) is 0 Å². The molecule has 2 amide bonds. The van der Waals surface area contributed by atoms with Crippen molar-refractivity contribution in [2.75, 3.05) is 11.9 Å². The minimum atomic E-state index is -0.304. The Morgan fingerprint density at radius 3 is 2.52 bits per heavy atom. The summed E-state index contributed by atoms with van der Waals surface area (Å²) >= 11 is 0. The highest BCUT2D eigenvalue weighted by Crippen LogP contribution is 2.16. The van der Waals surface area contributed by atoms with E-state index in [0.717, 1.165) is 5.56 Å². The first-order chi connectivity index (χ1) is 11.1. The van der Waals surface area contributed by atoms with Gasteiger partial charge in [-0.15, -0.1) is 5.10 Å². The fraction of sp³-hybridized carbons (Fsp3) is 0.353. The molecule has 1 heterocycles. The first-order valence-corrected chi connectivity index (χ1v) is 7.62. The predicted molar refractivity (Wildman–Crippen MR) is 88.7 cm³/mol. The molecule has 1 unspecified atom stereocenters. The zero-order valence-corrected chi connectivity index (χ0v) is 13.4. The van der Waals surface area contributed by atoms with Gasteiger partial charge in [0.05, 0.1) is 12.6 Å². The number of urea groups is 1. The van der Waals surface area contributed by atoms with Gasteiger partial charge in [0.15, 0.2) is 5.82 Å². The molecule has 2 N–H and O–H groups in total. The van der Waals surface area contributed by atoms with Crippen LogP contribution in [0.25, 0.3) is 0 Å². The van der Waals surface area contributed by atoms with Crippen LogP contribution in [0.5, 0.6) is 0 Å². The quantitative estimate of drug-likeness (QED) is 0.859. The molecule has 0 saturated heterocycles. The van der Waals surface area contributed by atoms with Crippen LogP contribution in [-0.2, 0) is 6.54 Å². The number of amides is 2. The van der Waals surface area contributed by atoms with E-state index in [-0.39, 0.29) is 24.6 Å². The Kier molecular flexibility index (Phi) is 6.05. The summed E-state index contributed by atoms with van der Waals surface area (Å²) in [5.74, 6) is 0.507. The predicted octanol–water partition coefficient (Wildman–Crippen LogP) is 2.53. The Hall–Kier alpha value is -2.47. The van der Waals surface area contributed by atoms with E-state index < -0.39 is 0 Å². The van der Waals surface area contributed by atoms with Crippen LogP contribution in [0.15, 0.2) is 48.7 Å². The van der Waals surface area contributed by atoms with Crippen molar-refractivity contribution in [3.8, 4) is 0 Å². The molecule has 1 aromatic carbocycles. The normalized spacial score (nSPS) is 12.0. The second kappa shape index (κ2) is 8.24. The molecular weight excluding hydrogens is 292 g/mol. The molecule has 0 bridgehead atoms. The molecule has 0 aliphatic carbocycles. The molecule has 2 aromatic rings. The van der Waals surface area contributed by atoms with Gasteiger partial charge in [0.2, 0.25) is 0 Å². The van der Waals surface area contributed by atoms with Crippen LogP contribution in [0, 0.1) is 5.92 Å². The van der Waals surface area contributed by atoms with Gasteiger partial charge in [-0.05, 0) is 23.6 Å². The van der Waals surface area contributed by atoms with Gasteiger partial charge in [-0.25, -0.2) is 4.79 Å². The van der Waals surface area contributed by atoms with Crippen LogP contribution >= 0.6 is 0 Å². The average molecular weight is 314 g/mol. The lowest BCUT2D eigenvalue weighted by Gasteiger charge is -2.33. The zero-order valence-electron chi connectivity index (χ0n) is 13.4. The molecule has 0 fully saturated rings. The molecule has 122 valence electrons. The molecule has 0 aliphatic rings. The lowest BCUT2D eigenvalue weighted by Crippen LogP contribution is -2.47. The van der Waals surface area contributed by atoms with Gasteiger partial charge in [0.1, 0.15) is 0 Å². The summed E-state index contributed by atoms with van der Waals surface area (Å²) in [5, 5.41) is 20.1. The van der Waals surface area contributed by atoms with Crippen LogP contribution < -0.4 is 5.32 Å². The van der Waals surface area contributed by atoms with Crippen LogP contribution in [0.4, 0.5) is 10.6 Å². The van der Waals surface area contributed by atoms with Gasteiger partial charge in [-0.1, -0.05) is 44.2 Å². The third-order valence-electron chi connectivity index (χ3n) is 3.62. The summed E-state index contributed by atoms with van der Waals surface area (Å²) in [6.07, 6.45) is 1.54. The number of aromatic nitrogens is 2. The van der Waals surface area contributed by atoms with Crippen molar-refractivity contribution >= 4 is 11.8 Å². The third-order valence-corrected chi connectivity index (χ3v) is 3.62. The zero-order chi connectivity index (χ0) is 16.7. The maximum absolute atomic E-state index is 12.7. The topological polar surface area (TPSA) is 78.4 Å². The van der Waals surface area contributed by atoms with Gasteiger partial charge in [0.25, 0.3) is 0 Å². The molecule has 1 atom stereocenters.